The number of rotatable bonds is 14. The number of hydrogen-bond donors (Lipinski definition) is 2. The van der Waals surface area contributed by atoms with Crippen LogP contribution in [0.4, 0.5) is 5.69 Å². The van der Waals surface area contributed by atoms with E-state index >= 15 is 0 Å². The minimum Gasteiger partial charge on any atom is -0.484 e. The number of carbonyl (C=O) groups excluding carboxylic acids is 3. The Hall–Kier alpha value is -4.96. The van der Waals surface area contributed by atoms with E-state index in [9.17, 15) is 19.5 Å². The number of nitrogens with one attached hydrogen (secondary N) is 1. The molecule has 2 N–H and O–H groups in total. The van der Waals surface area contributed by atoms with Crippen LogP contribution in [-0.4, -0.2) is 74.8 Å². The maximum absolute atomic E-state index is 14.3. The number of aromatic nitrogens is 2. The molecule has 10 heteroatoms. The van der Waals surface area contributed by atoms with Crippen LogP contribution in [0.2, 0.25) is 0 Å². The Labute approximate surface area is 282 Å². The smallest absolute Gasteiger partial charge is 0.274 e. The standard InChI is InChI=1S/C38H45N5O5/c1-4-6-19-41(20-7-5-2)38(47)34-21-27(3)43(40-34)35-23-32(48-26-36(45)39-30-15-9-8-10-16-30)17-18-33(35)37(46)42-24-29-14-12-11-13-28(29)22-31(42)25-44/h8-18,21,23,31,44H,4-7,19-20,22,24-26H2,1-3H3,(H,39,45). The van der Waals surface area contributed by atoms with Crippen molar-refractivity contribution in [1.82, 2.24) is 19.6 Å². The summed E-state index contributed by atoms with van der Waals surface area (Å²) in [5.41, 5.74) is 4.52. The highest BCUT2D eigenvalue weighted by molar-refractivity contribution is 5.99. The summed E-state index contributed by atoms with van der Waals surface area (Å²) < 4.78 is 7.50. The number of carbonyl (C=O) groups is 3. The molecule has 1 aliphatic rings. The van der Waals surface area contributed by atoms with E-state index in [-0.39, 0.29) is 30.9 Å². The third-order valence-corrected chi connectivity index (χ3v) is 8.64. The fourth-order valence-corrected chi connectivity index (χ4v) is 5.97. The molecule has 0 spiro atoms. The van der Waals surface area contributed by atoms with Crippen molar-refractivity contribution in [3.05, 3.63) is 107 Å². The molecule has 1 aliphatic heterocycles. The van der Waals surface area contributed by atoms with Crippen molar-refractivity contribution in [1.29, 1.82) is 0 Å². The largest absolute Gasteiger partial charge is 0.484 e. The minimum absolute atomic E-state index is 0.149. The van der Waals surface area contributed by atoms with Crippen molar-refractivity contribution < 1.29 is 24.2 Å². The second-order valence-corrected chi connectivity index (χ2v) is 12.2. The number of fused-ring (bicyclic) bond motifs is 1. The molecule has 1 unspecified atom stereocenters. The number of para-hydroxylation sites is 1. The number of nitrogens with zero attached hydrogens (tertiary/aromatic N) is 4. The highest BCUT2D eigenvalue weighted by atomic mass is 16.5. The predicted octanol–water partition coefficient (Wildman–Crippen LogP) is 5.80. The Kier molecular flexibility index (Phi) is 11.6. The third-order valence-electron chi connectivity index (χ3n) is 8.64. The zero-order valence-corrected chi connectivity index (χ0v) is 28.0. The number of aliphatic hydroxyl groups excluding tert-OH is 1. The molecule has 4 aromatic rings. The number of aryl methyl sites for hydroxylation is 1. The van der Waals surface area contributed by atoms with Crippen molar-refractivity contribution >= 4 is 23.4 Å². The lowest BCUT2D eigenvalue weighted by Gasteiger charge is -2.36. The van der Waals surface area contributed by atoms with Crippen LogP contribution >= 0.6 is 0 Å². The lowest BCUT2D eigenvalue weighted by Crippen LogP contribution is -2.46. The molecule has 1 aromatic heterocycles. The zero-order valence-electron chi connectivity index (χ0n) is 28.0. The average molecular weight is 652 g/mol. The summed E-state index contributed by atoms with van der Waals surface area (Å²) in [4.78, 5) is 44.2. The first-order valence-corrected chi connectivity index (χ1v) is 16.8. The summed E-state index contributed by atoms with van der Waals surface area (Å²) >= 11 is 0. The van der Waals surface area contributed by atoms with Gasteiger partial charge in [-0.3, -0.25) is 14.4 Å². The van der Waals surface area contributed by atoms with Gasteiger partial charge < -0.3 is 25.0 Å². The maximum atomic E-state index is 14.3. The van der Waals surface area contributed by atoms with E-state index in [1.54, 1.807) is 46.0 Å². The fraction of sp³-hybridized carbons (Fsp3) is 0.368. The van der Waals surface area contributed by atoms with Gasteiger partial charge in [-0.2, -0.15) is 5.10 Å². The summed E-state index contributed by atoms with van der Waals surface area (Å²) in [5, 5.41) is 17.9. The van der Waals surface area contributed by atoms with E-state index in [4.69, 9.17) is 9.84 Å². The van der Waals surface area contributed by atoms with Crippen molar-refractivity contribution in [2.75, 3.05) is 31.6 Å². The Morgan fingerprint density at radius 3 is 2.31 bits per heavy atom. The summed E-state index contributed by atoms with van der Waals surface area (Å²) in [6.45, 7) is 7.26. The number of anilines is 1. The first kappa shape index (κ1) is 34.4. The van der Waals surface area contributed by atoms with Gasteiger partial charge in [0.15, 0.2) is 12.3 Å². The van der Waals surface area contributed by atoms with Gasteiger partial charge in [0.25, 0.3) is 17.7 Å². The van der Waals surface area contributed by atoms with Gasteiger partial charge in [0.2, 0.25) is 0 Å². The van der Waals surface area contributed by atoms with Crippen LogP contribution < -0.4 is 10.1 Å². The van der Waals surface area contributed by atoms with Crippen LogP contribution in [-0.2, 0) is 17.8 Å². The molecule has 0 radical (unpaired) electrons. The van der Waals surface area contributed by atoms with E-state index in [2.05, 4.69) is 19.2 Å². The molecule has 5 rings (SSSR count). The van der Waals surface area contributed by atoms with E-state index < -0.39 is 6.04 Å². The highest BCUT2D eigenvalue weighted by Crippen LogP contribution is 2.29. The van der Waals surface area contributed by atoms with Gasteiger partial charge in [-0.15, -0.1) is 0 Å². The van der Waals surface area contributed by atoms with Gasteiger partial charge in [0.1, 0.15) is 5.75 Å². The van der Waals surface area contributed by atoms with Gasteiger partial charge >= 0.3 is 0 Å². The Morgan fingerprint density at radius 1 is 0.938 bits per heavy atom. The van der Waals surface area contributed by atoms with Crippen molar-refractivity contribution in [3.8, 4) is 11.4 Å². The summed E-state index contributed by atoms with van der Waals surface area (Å²) in [5.74, 6) is -0.391. The van der Waals surface area contributed by atoms with E-state index in [1.807, 2.05) is 54.3 Å². The monoisotopic (exact) mass is 651 g/mol. The third kappa shape index (κ3) is 8.12. The van der Waals surface area contributed by atoms with Gasteiger partial charge in [-0.05, 0) is 67.6 Å². The van der Waals surface area contributed by atoms with Gasteiger partial charge in [-0.1, -0.05) is 69.2 Å². The molecule has 0 saturated carbocycles. The zero-order chi connectivity index (χ0) is 34.0. The maximum Gasteiger partial charge on any atom is 0.274 e. The fourth-order valence-electron chi connectivity index (χ4n) is 5.97. The number of benzene rings is 3. The van der Waals surface area contributed by atoms with E-state index in [0.717, 1.165) is 36.8 Å². The molecule has 48 heavy (non-hydrogen) atoms. The molecule has 2 heterocycles. The first-order valence-electron chi connectivity index (χ1n) is 16.8. The summed E-state index contributed by atoms with van der Waals surface area (Å²) in [6.07, 6.45) is 4.28. The van der Waals surface area contributed by atoms with Gasteiger partial charge in [0.05, 0.1) is 23.9 Å². The Morgan fingerprint density at radius 2 is 1.62 bits per heavy atom. The number of amides is 3. The van der Waals surface area contributed by atoms with Crippen molar-refractivity contribution in [3.63, 3.8) is 0 Å². The van der Waals surface area contributed by atoms with Crippen LogP contribution in [0, 0.1) is 6.92 Å². The highest BCUT2D eigenvalue weighted by Gasteiger charge is 2.32. The van der Waals surface area contributed by atoms with Gasteiger partial charge in [-0.25, -0.2) is 4.68 Å². The molecule has 0 bridgehead atoms. The van der Waals surface area contributed by atoms with E-state index in [1.165, 1.54) is 0 Å². The average Bonchev–Trinajstić information content (AvgIpc) is 3.51. The van der Waals surface area contributed by atoms with Gasteiger partial charge in [0, 0.05) is 37.1 Å². The SMILES string of the molecule is CCCCN(CCCC)C(=O)c1cc(C)n(-c2cc(OCC(=O)Nc3ccccc3)ccc2C(=O)N2Cc3ccccc3CC2CO)n1. The molecule has 10 nitrogen and oxygen atoms in total. The number of ether oxygens (including phenoxy) is 1. The van der Waals surface area contributed by atoms with Crippen molar-refractivity contribution in [2.45, 2.75) is 65.5 Å². The van der Waals surface area contributed by atoms with E-state index in [0.29, 0.717) is 60.1 Å². The van der Waals surface area contributed by atoms with Crippen LogP contribution in [0.3, 0.4) is 0 Å². The second-order valence-electron chi connectivity index (χ2n) is 12.2. The molecule has 3 aromatic carbocycles. The molecule has 3 amide bonds. The predicted molar refractivity (Wildman–Crippen MR) is 185 cm³/mol. The molecular weight excluding hydrogens is 606 g/mol. The normalized spacial score (nSPS) is 13.9. The molecule has 0 saturated heterocycles. The van der Waals surface area contributed by atoms with Crippen LogP contribution in [0.5, 0.6) is 5.75 Å². The molecule has 0 fully saturated rings. The lowest BCUT2D eigenvalue weighted by atomic mass is 9.93. The molecular formula is C38H45N5O5. The number of unbranched alkanes of at least 4 members (excludes halogenated alkanes) is 2. The molecule has 1 atom stereocenters. The minimum atomic E-state index is -0.403. The quantitative estimate of drug-likeness (QED) is 0.178. The van der Waals surface area contributed by atoms with Crippen LogP contribution in [0.15, 0.2) is 78.9 Å². The summed E-state index contributed by atoms with van der Waals surface area (Å²) in [7, 11) is 0. The van der Waals surface area contributed by atoms with Crippen LogP contribution in [0.1, 0.15) is 77.2 Å². The molecule has 0 aliphatic carbocycles. The Bertz CT molecular complexity index is 1710. The van der Waals surface area contributed by atoms with Crippen molar-refractivity contribution in [2.24, 2.45) is 0 Å². The first-order chi connectivity index (χ1) is 23.3. The number of aliphatic hydroxyl groups is 1. The molecule has 252 valence electrons. The topological polar surface area (TPSA) is 117 Å². The summed E-state index contributed by atoms with van der Waals surface area (Å²) in [6, 6.07) is 23.4. The van der Waals surface area contributed by atoms with Crippen LogP contribution in [0.25, 0.3) is 5.69 Å². The lowest BCUT2D eigenvalue weighted by molar-refractivity contribution is -0.118. The second kappa shape index (κ2) is 16.2. The number of hydrogen-bond acceptors (Lipinski definition) is 6. The Balaban J connectivity index is 1.48.